The van der Waals surface area contributed by atoms with Crippen molar-refractivity contribution < 1.29 is 0 Å². The van der Waals surface area contributed by atoms with E-state index in [0.29, 0.717) is 0 Å². The fraction of sp³-hybridized carbons (Fsp3) is 1.00. The molecule has 0 aromatic heterocycles. The SMILES string of the molecule is C1CCCCC(CCC2CCC3CCCCCCCC3C2)CCC1. The van der Waals surface area contributed by atoms with Crippen LogP contribution in [0.25, 0.3) is 0 Å². The van der Waals surface area contributed by atoms with Crippen LogP contribution < -0.4 is 0 Å². The minimum absolute atomic E-state index is 1.08. The van der Waals surface area contributed by atoms with Gasteiger partial charge in [-0.15, -0.1) is 0 Å². The summed E-state index contributed by atoms with van der Waals surface area (Å²) in [6, 6.07) is 0. The zero-order chi connectivity index (χ0) is 16.5. The normalized spacial score (nSPS) is 34.8. The van der Waals surface area contributed by atoms with E-state index in [2.05, 4.69) is 0 Å². The van der Waals surface area contributed by atoms with Crippen molar-refractivity contribution in [2.45, 2.75) is 128 Å². The van der Waals surface area contributed by atoms with Crippen LogP contribution in [-0.4, -0.2) is 0 Å². The first kappa shape index (κ1) is 18.8. The van der Waals surface area contributed by atoms with Gasteiger partial charge in [-0.3, -0.25) is 0 Å². The maximum atomic E-state index is 1.61. The fourth-order valence-electron chi connectivity index (χ4n) is 6.24. The lowest BCUT2D eigenvalue weighted by atomic mass is 9.69. The fourth-order valence-corrected chi connectivity index (χ4v) is 6.24. The third-order valence-corrected chi connectivity index (χ3v) is 7.86. The molecule has 0 spiro atoms. The summed E-state index contributed by atoms with van der Waals surface area (Å²) in [4.78, 5) is 0. The third-order valence-electron chi connectivity index (χ3n) is 7.86. The van der Waals surface area contributed by atoms with Crippen LogP contribution in [0.5, 0.6) is 0 Å². The summed E-state index contributed by atoms with van der Waals surface area (Å²) in [6.45, 7) is 0. The molecule has 3 rings (SSSR count). The summed E-state index contributed by atoms with van der Waals surface area (Å²) in [6.07, 6.45) is 30.9. The summed E-state index contributed by atoms with van der Waals surface area (Å²) in [7, 11) is 0. The number of rotatable bonds is 3. The van der Waals surface area contributed by atoms with Crippen molar-refractivity contribution in [2.24, 2.45) is 23.7 Å². The molecule has 0 amide bonds. The van der Waals surface area contributed by atoms with E-state index in [4.69, 9.17) is 0 Å². The largest absolute Gasteiger partial charge is 0.0533 e. The van der Waals surface area contributed by atoms with Crippen LogP contribution in [0.1, 0.15) is 128 Å². The van der Waals surface area contributed by atoms with E-state index < -0.39 is 0 Å². The summed E-state index contributed by atoms with van der Waals surface area (Å²) in [5, 5.41) is 0. The van der Waals surface area contributed by atoms with Crippen molar-refractivity contribution in [2.75, 3.05) is 0 Å². The number of hydrogen-bond acceptors (Lipinski definition) is 0. The summed E-state index contributed by atoms with van der Waals surface area (Å²) in [5.41, 5.74) is 0. The van der Waals surface area contributed by atoms with E-state index >= 15 is 0 Å². The van der Waals surface area contributed by atoms with Gasteiger partial charge in [0.1, 0.15) is 0 Å². The molecule has 0 aromatic rings. The molecule has 0 nitrogen and oxygen atoms in total. The first-order valence-electron chi connectivity index (χ1n) is 11.9. The molecule has 3 unspecified atom stereocenters. The van der Waals surface area contributed by atoms with Crippen LogP contribution in [-0.2, 0) is 0 Å². The van der Waals surface area contributed by atoms with Crippen molar-refractivity contribution in [3.8, 4) is 0 Å². The smallest absolute Gasteiger partial charge is 0.0383 e. The highest BCUT2D eigenvalue weighted by molar-refractivity contribution is 4.82. The minimum atomic E-state index is 1.08. The van der Waals surface area contributed by atoms with E-state index in [0.717, 1.165) is 23.7 Å². The van der Waals surface area contributed by atoms with Crippen LogP contribution in [0, 0.1) is 23.7 Å². The zero-order valence-corrected chi connectivity index (χ0v) is 16.5. The maximum absolute atomic E-state index is 1.61. The van der Waals surface area contributed by atoms with Crippen LogP contribution in [0.4, 0.5) is 0 Å². The summed E-state index contributed by atoms with van der Waals surface area (Å²) in [5.74, 6) is 4.41. The molecule has 0 aliphatic heterocycles. The van der Waals surface area contributed by atoms with Crippen LogP contribution in [0.15, 0.2) is 0 Å². The van der Waals surface area contributed by atoms with Gasteiger partial charge in [-0.05, 0) is 36.5 Å². The first-order chi connectivity index (χ1) is 11.9. The lowest BCUT2D eigenvalue weighted by Crippen LogP contribution is -2.25. The second-order valence-corrected chi connectivity index (χ2v) is 9.69. The van der Waals surface area contributed by atoms with E-state index in [1.807, 2.05) is 0 Å². The summed E-state index contributed by atoms with van der Waals surface area (Å²) < 4.78 is 0. The number of fused-ring (bicyclic) bond motifs is 1. The third kappa shape index (κ3) is 6.38. The molecule has 3 aliphatic carbocycles. The molecule has 0 heteroatoms. The standard InChI is InChI=1S/C24H44/c1-2-5-9-13-21(12-8-4-1)16-17-22-18-19-23-14-10-6-3-7-11-15-24(23)20-22/h21-24H,1-20H2. The van der Waals surface area contributed by atoms with Gasteiger partial charge >= 0.3 is 0 Å². The average Bonchev–Trinajstić information content (AvgIpc) is 2.81. The van der Waals surface area contributed by atoms with Gasteiger partial charge in [-0.25, -0.2) is 0 Å². The molecule has 3 aliphatic rings. The van der Waals surface area contributed by atoms with Gasteiger partial charge in [0.25, 0.3) is 0 Å². The monoisotopic (exact) mass is 332 g/mol. The molecule has 0 N–H and O–H groups in total. The molecule has 140 valence electrons. The average molecular weight is 333 g/mol. The molecule has 3 atom stereocenters. The highest BCUT2D eigenvalue weighted by atomic mass is 14.4. The van der Waals surface area contributed by atoms with Gasteiger partial charge in [0.2, 0.25) is 0 Å². The molecule has 24 heavy (non-hydrogen) atoms. The molecular weight excluding hydrogens is 288 g/mol. The van der Waals surface area contributed by atoms with Crippen molar-refractivity contribution in [3.63, 3.8) is 0 Å². The Hall–Kier alpha value is 0. The van der Waals surface area contributed by atoms with Crippen molar-refractivity contribution in [1.29, 1.82) is 0 Å². The Kier molecular flexibility index (Phi) is 8.51. The number of hydrogen-bond donors (Lipinski definition) is 0. The molecule has 0 saturated heterocycles. The molecule has 0 heterocycles. The van der Waals surface area contributed by atoms with Gasteiger partial charge in [0, 0.05) is 0 Å². The molecule has 0 aromatic carbocycles. The highest BCUT2D eigenvalue weighted by Gasteiger charge is 2.30. The molecule has 0 radical (unpaired) electrons. The van der Waals surface area contributed by atoms with E-state index in [-0.39, 0.29) is 0 Å². The van der Waals surface area contributed by atoms with Crippen LogP contribution in [0.2, 0.25) is 0 Å². The van der Waals surface area contributed by atoms with Crippen molar-refractivity contribution in [1.82, 2.24) is 0 Å². The van der Waals surface area contributed by atoms with Crippen molar-refractivity contribution in [3.05, 3.63) is 0 Å². The van der Waals surface area contributed by atoms with Crippen LogP contribution >= 0.6 is 0 Å². The first-order valence-corrected chi connectivity index (χ1v) is 11.9. The van der Waals surface area contributed by atoms with Crippen molar-refractivity contribution >= 4 is 0 Å². The topological polar surface area (TPSA) is 0 Å². The summed E-state index contributed by atoms with van der Waals surface area (Å²) >= 11 is 0. The molecule has 0 bridgehead atoms. The van der Waals surface area contributed by atoms with Gasteiger partial charge in [-0.1, -0.05) is 116 Å². The second kappa shape index (κ2) is 10.9. The Morgan fingerprint density at radius 3 is 1.54 bits per heavy atom. The second-order valence-electron chi connectivity index (χ2n) is 9.69. The Morgan fingerprint density at radius 2 is 0.875 bits per heavy atom. The van der Waals surface area contributed by atoms with Gasteiger partial charge < -0.3 is 0 Å². The Bertz CT molecular complexity index is 310. The van der Waals surface area contributed by atoms with Gasteiger partial charge in [0.15, 0.2) is 0 Å². The zero-order valence-electron chi connectivity index (χ0n) is 16.5. The Morgan fingerprint density at radius 1 is 0.375 bits per heavy atom. The molecule has 3 fully saturated rings. The Balaban J connectivity index is 1.42. The molecule has 3 saturated carbocycles. The maximum Gasteiger partial charge on any atom is -0.0383 e. The van der Waals surface area contributed by atoms with Gasteiger partial charge in [-0.2, -0.15) is 0 Å². The quantitative estimate of drug-likeness (QED) is 0.487. The lowest BCUT2D eigenvalue weighted by molar-refractivity contribution is 0.147. The van der Waals surface area contributed by atoms with Gasteiger partial charge in [0.05, 0.1) is 0 Å². The minimum Gasteiger partial charge on any atom is -0.0533 e. The predicted molar refractivity (Wildman–Crippen MR) is 106 cm³/mol. The Labute approximate surface area is 152 Å². The van der Waals surface area contributed by atoms with E-state index in [1.54, 1.807) is 57.8 Å². The predicted octanol–water partition coefficient (Wildman–Crippen LogP) is 8.29. The lowest BCUT2D eigenvalue weighted by Gasteiger charge is -2.37. The van der Waals surface area contributed by atoms with E-state index in [1.165, 1.54) is 70.6 Å². The van der Waals surface area contributed by atoms with E-state index in [9.17, 15) is 0 Å². The highest BCUT2D eigenvalue weighted by Crippen LogP contribution is 2.42. The van der Waals surface area contributed by atoms with Crippen LogP contribution in [0.3, 0.4) is 0 Å². The molecular formula is C24H44.